The number of ether oxygens (including phenoxy) is 1. The predicted molar refractivity (Wildman–Crippen MR) is 137 cm³/mol. The van der Waals surface area contributed by atoms with Crippen molar-refractivity contribution in [3.8, 4) is 0 Å². The van der Waals surface area contributed by atoms with Crippen molar-refractivity contribution in [2.45, 2.75) is 70.0 Å². The molecule has 5 rings (SSSR count). The van der Waals surface area contributed by atoms with Crippen LogP contribution in [0.1, 0.15) is 58.4 Å². The fourth-order valence-corrected chi connectivity index (χ4v) is 5.25. The van der Waals surface area contributed by atoms with Gasteiger partial charge in [0.2, 0.25) is 17.8 Å². The fourth-order valence-electron chi connectivity index (χ4n) is 5.06. The van der Waals surface area contributed by atoms with E-state index in [0.29, 0.717) is 16.9 Å². The zero-order valence-electron chi connectivity index (χ0n) is 20.2. The SMILES string of the molecule is CC(=O)N[C@H]1CC[C@@H](n2c(Nc3cccc(Cl)c3)nc3cnc(NC4(C)CCOCC4)nc32)CC1. The van der Waals surface area contributed by atoms with Gasteiger partial charge in [0.25, 0.3) is 0 Å². The number of carbonyl (C=O) groups is 1. The molecule has 0 unspecified atom stereocenters. The number of imidazole rings is 1. The monoisotopic (exact) mass is 497 g/mol. The minimum absolute atomic E-state index is 0.0231. The van der Waals surface area contributed by atoms with Gasteiger partial charge in [-0.25, -0.2) is 9.97 Å². The van der Waals surface area contributed by atoms with Crippen molar-refractivity contribution in [2.75, 3.05) is 23.8 Å². The van der Waals surface area contributed by atoms with E-state index in [9.17, 15) is 4.79 Å². The van der Waals surface area contributed by atoms with Gasteiger partial charge in [0.05, 0.1) is 6.20 Å². The first-order valence-electron chi connectivity index (χ1n) is 12.3. The van der Waals surface area contributed by atoms with Gasteiger partial charge in [-0.1, -0.05) is 17.7 Å². The van der Waals surface area contributed by atoms with Crippen molar-refractivity contribution in [3.05, 3.63) is 35.5 Å². The zero-order chi connectivity index (χ0) is 24.4. The number of amides is 1. The second-order valence-corrected chi connectivity index (χ2v) is 10.3. The van der Waals surface area contributed by atoms with Gasteiger partial charge in [-0.15, -0.1) is 0 Å². The molecular formula is C25H32ClN7O2. The Morgan fingerprint density at radius 2 is 1.94 bits per heavy atom. The summed E-state index contributed by atoms with van der Waals surface area (Å²) in [7, 11) is 0. The quantitative estimate of drug-likeness (QED) is 0.448. The fraction of sp³-hybridized carbons (Fsp3) is 0.520. The molecule has 1 aliphatic heterocycles. The predicted octanol–water partition coefficient (Wildman–Crippen LogP) is 4.82. The number of aromatic nitrogens is 4. The lowest BCUT2D eigenvalue weighted by atomic mass is 9.91. The van der Waals surface area contributed by atoms with Gasteiger partial charge >= 0.3 is 0 Å². The Kier molecular flexibility index (Phi) is 6.80. The Balaban J connectivity index is 1.48. The van der Waals surface area contributed by atoms with Crippen molar-refractivity contribution in [1.29, 1.82) is 0 Å². The molecule has 3 N–H and O–H groups in total. The summed E-state index contributed by atoms with van der Waals surface area (Å²) in [6.07, 6.45) is 7.26. The first-order chi connectivity index (χ1) is 16.9. The van der Waals surface area contributed by atoms with E-state index in [-0.39, 0.29) is 23.5 Å². The molecule has 1 aromatic carbocycles. The van der Waals surface area contributed by atoms with Crippen LogP contribution in [-0.2, 0) is 9.53 Å². The van der Waals surface area contributed by atoms with E-state index in [0.717, 1.165) is 68.6 Å². The number of nitrogens with one attached hydrogen (secondary N) is 3. The standard InChI is InChI=1S/C25H32ClN7O2/c1-16(34)28-18-6-8-20(9-7-18)33-22-21(30-24(33)29-19-5-3-4-17(26)14-19)15-27-23(31-22)32-25(2)10-12-35-13-11-25/h3-5,14-15,18,20H,6-13H2,1-2H3,(H,28,34)(H,29,30)(H,27,31,32)/t18-,20+. The highest BCUT2D eigenvalue weighted by Crippen LogP contribution is 2.35. The molecule has 3 aromatic rings. The van der Waals surface area contributed by atoms with Crippen LogP contribution < -0.4 is 16.0 Å². The van der Waals surface area contributed by atoms with Gasteiger partial charge in [-0.05, 0) is 63.6 Å². The van der Waals surface area contributed by atoms with Gasteiger partial charge < -0.3 is 20.7 Å². The number of fused-ring (bicyclic) bond motifs is 1. The van der Waals surface area contributed by atoms with E-state index in [1.807, 2.05) is 24.3 Å². The Morgan fingerprint density at radius 1 is 1.17 bits per heavy atom. The average Bonchev–Trinajstić information content (AvgIpc) is 3.16. The number of nitrogens with zero attached hydrogens (tertiary/aromatic N) is 4. The van der Waals surface area contributed by atoms with Gasteiger partial charge in [0.1, 0.15) is 5.52 Å². The normalized spacial score (nSPS) is 22.0. The highest BCUT2D eigenvalue weighted by atomic mass is 35.5. The van der Waals surface area contributed by atoms with Crippen LogP contribution in [0.5, 0.6) is 0 Å². The van der Waals surface area contributed by atoms with Gasteiger partial charge in [0.15, 0.2) is 5.65 Å². The lowest BCUT2D eigenvalue weighted by molar-refractivity contribution is -0.119. The number of halogens is 1. The van der Waals surface area contributed by atoms with Crippen LogP contribution in [0.15, 0.2) is 30.5 Å². The molecule has 1 saturated carbocycles. The molecule has 0 bridgehead atoms. The summed E-state index contributed by atoms with van der Waals surface area (Å²) in [5.41, 5.74) is 2.29. The summed E-state index contributed by atoms with van der Waals surface area (Å²) in [6.45, 7) is 5.23. The molecule has 0 atom stereocenters. The van der Waals surface area contributed by atoms with Gasteiger partial charge in [-0.2, -0.15) is 4.98 Å². The second kappa shape index (κ2) is 9.99. The van der Waals surface area contributed by atoms with E-state index in [4.69, 9.17) is 26.3 Å². The number of benzene rings is 1. The smallest absolute Gasteiger partial charge is 0.225 e. The molecule has 186 valence electrons. The molecule has 0 radical (unpaired) electrons. The van der Waals surface area contributed by atoms with Gasteiger partial charge in [-0.3, -0.25) is 9.36 Å². The maximum absolute atomic E-state index is 11.5. The highest BCUT2D eigenvalue weighted by Gasteiger charge is 2.30. The summed E-state index contributed by atoms with van der Waals surface area (Å²) < 4.78 is 7.73. The van der Waals surface area contributed by atoms with Crippen molar-refractivity contribution < 1.29 is 9.53 Å². The number of carbonyl (C=O) groups excluding carboxylic acids is 1. The Morgan fingerprint density at radius 3 is 2.66 bits per heavy atom. The molecule has 3 heterocycles. The molecule has 1 aliphatic carbocycles. The first-order valence-corrected chi connectivity index (χ1v) is 12.7. The van der Waals surface area contributed by atoms with Crippen molar-refractivity contribution in [3.63, 3.8) is 0 Å². The van der Waals surface area contributed by atoms with E-state index in [1.54, 1.807) is 13.1 Å². The molecule has 2 fully saturated rings. The van der Waals surface area contributed by atoms with Crippen LogP contribution in [0.4, 0.5) is 17.6 Å². The second-order valence-electron chi connectivity index (χ2n) is 9.85. The summed E-state index contributed by atoms with van der Waals surface area (Å²) in [5.74, 6) is 1.34. The van der Waals surface area contributed by atoms with Gasteiger partial charge in [0, 0.05) is 48.5 Å². The Bertz CT molecular complexity index is 1200. The summed E-state index contributed by atoms with van der Waals surface area (Å²) >= 11 is 6.22. The molecule has 10 heteroatoms. The van der Waals surface area contributed by atoms with Crippen molar-refractivity contribution in [2.24, 2.45) is 0 Å². The summed E-state index contributed by atoms with van der Waals surface area (Å²) in [5, 5.41) is 10.7. The molecule has 2 aliphatic rings. The van der Waals surface area contributed by atoms with E-state index in [1.165, 1.54) is 0 Å². The third-order valence-corrected chi connectivity index (χ3v) is 7.23. The molecule has 0 spiro atoms. The topological polar surface area (TPSA) is 106 Å². The Hall–Kier alpha value is -2.91. The molecule has 1 saturated heterocycles. The largest absolute Gasteiger partial charge is 0.381 e. The molecule has 9 nitrogen and oxygen atoms in total. The van der Waals surface area contributed by atoms with Crippen LogP contribution >= 0.6 is 11.6 Å². The minimum atomic E-state index is -0.102. The maximum atomic E-state index is 11.5. The Labute approximate surface area is 210 Å². The van der Waals surface area contributed by atoms with E-state index in [2.05, 4.69) is 32.4 Å². The van der Waals surface area contributed by atoms with Crippen LogP contribution in [0, 0.1) is 0 Å². The third kappa shape index (κ3) is 5.51. The lowest BCUT2D eigenvalue weighted by Crippen LogP contribution is -2.41. The zero-order valence-corrected chi connectivity index (χ0v) is 20.9. The van der Waals surface area contributed by atoms with Crippen LogP contribution in [0.25, 0.3) is 11.2 Å². The minimum Gasteiger partial charge on any atom is -0.381 e. The highest BCUT2D eigenvalue weighted by molar-refractivity contribution is 6.30. The number of rotatable bonds is 6. The van der Waals surface area contributed by atoms with Crippen LogP contribution in [0.2, 0.25) is 5.02 Å². The number of anilines is 3. The van der Waals surface area contributed by atoms with E-state index < -0.39 is 0 Å². The van der Waals surface area contributed by atoms with Crippen molar-refractivity contribution in [1.82, 2.24) is 24.8 Å². The molecular weight excluding hydrogens is 466 g/mol. The molecule has 35 heavy (non-hydrogen) atoms. The third-order valence-electron chi connectivity index (χ3n) is 6.99. The molecule has 1 amide bonds. The first kappa shape index (κ1) is 23.8. The maximum Gasteiger partial charge on any atom is 0.225 e. The summed E-state index contributed by atoms with van der Waals surface area (Å²) in [4.78, 5) is 25.9. The van der Waals surface area contributed by atoms with E-state index >= 15 is 0 Å². The lowest BCUT2D eigenvalue weighted by Gasteiger charge is -2.34. The van der Waals surface area contributed by atoms with Crippen LogP contribution in [-0.4, -0.2) is 50.2 Å². The number of hydrogen-bond donors (Lipinski definition) is 3. The number of hydrogen-bond acceptors (Lipinski definition) is 7. The average molecular weight is 498 g/mol. The van der Waals surface area contributed by atoms with Crippen molar-refractivity contribution >= 4 is 46.3 Å². The summed E-state index contributed by atoms with van der Waals surface area (Å²) in [6, 6.07) is 8.01. The van der Waals surface area contributed by atoms with Crippen LogP contribution in [0.3, 0.4) is 0 Å². The molecule has 2 aromatic heterocycles.